The van der Waals surface area contributed by atoms with Crippen molar-refractivity contribution in [2.75, 3.05) is 13.2 Å². The van der Waals surface area contributed by atoms with Crippen LogP contribution in [0.15, 0.2) is 31.2 Å². The second kappa shape index (κ2) is 12.0. The number of rotatable bonds is 4. The van der Waals surface area contributed by atoms with Gasteiger partial charge < -0.3 is 4.74 Å². The SMILES string of the molecule is C=Cc1nc(C2CCOCC2)nc2nc(C)cnc12.CCCC(F)(F)F.c1cnn(C2CC2)c1. The van der Waals surface area contributed by atoms with Crippen molar-refractivity contribution in [3.8, 4) is 0 Å². The van der Waals surface area contributed by atoms with E-state index in [-0.39, 0.29) is 6.42 Å². The quantitative estimate of drug-likeness (QED) is 0.471. The summed E-state index contributed by atoms with van der Waals surface area (Å²) in [5.74, 6) is 1.18. The summed E-state index contributed by atoms with van der Waals surface area (Å²) in [7, 11) is 0. The molecule has 3 aromatic heterocycles. The molecule has 3 aromatic rings. The average molecular weight is 477 g/mol. The number of aryl methyl sites for hydroxylation is 1. The molecule has 0 aromatic carbocycles. The molecule has 0 radical (unpaired) electrons. The number of nitrogens with zero attached hydrogens (tertiary/aromatic N) is 6. The molecule has 0 atom stereocenters. The highest BCUT2D eigenvalue weighted by molar-refractivity contribution is 5.78. The van der Waals surface area contributed by atoms with Crippen LogP contribution in [-0.2, 0) is 4.74 Å². The first kappa shape index (κ1) is 25.7. The maximum atomic E-state index is 11.1. The Hall–Kier alpha value is -2.88. The first-order valence-electron chi connectivity index (χ1n) is 11.6. The summed E-state index contributed by atoms with van der Waals surface area (Å²) in [6.45, 7) is 8.77. The molecule has 7 nitrogen and oxygen atoms in total. The summed E-state index contributed by atoms with van der Waals surface area (Å²) in [4.78, 5) is 18.0. The van der Waals surface area contributed by atoms with E-state index in [1.165, 1.54) is 19.8 Å². The first-order valence-corrected chi connectivity index (χ1v) is 11.6. The van der Waals surface area contributed by atoms with Crippen molar-refractivity contribution >= 4 is 17.2 Å². The fraction of sp³-hybridized carbons (Fsp3) is 0.542. The molecule has 1 saturated carbocycles. The maximum Gasteiger partial charge on any atom is 0.389 e. The Labute approximate surface area is 197 Å². The molecule has 0 spiro atoms. The average Bonchev–Trinajstić information content (AvgIpc) is 3.52. The molecule has 4 heterocycles. The van der Waals surface area contributed by atoms with Gasteiger partial charge in [-0.25, -0.2) is 19.9 Å². The van der Waals surface area contributed by atoms with Crippen molar-refractivity contribution in [3.63, 3.8) is 0 Å². The number of alkyl halides is 3. The number of halogens is 3. The molecule has 184 valence electrons. The number of hydrogen-bond acceptors (Lipinski definition) is 6. The molecule has 34 heavy (non-hydrogen) atoms. The molecule has 1 aliphatic carbocycles. The van der Waals surface area contributed by atoms with Crippen LogP contribution < -0.4 is 0 Å². The van der Waals surface area contributed by atoms with Crippen LogP contribution in [0, 0.1) is 6.92 Å². The van der Waals surface area contributed by atoms with Gasteiger partial charge in [-0.15, -0.1) is 0 Å². The maximum absolute atomic E-state index is 11.1. The van der Waals surface area contributed by atoms with Gasteiger partial charge in [0.15, 0.2) is 5.65 Å². The van der Waals surface area contributed by atoms with E-state index in [9.17, 15) is 13.2 Å². The van der Waals surface area contributed by atoms with Crippen molar-refractivity contribution in [2.24, 2.45) is 0 Å². The van der Waals surface area contributed by atoms with Crippen molar-refractivity contribution in [2.45, 2.75) is 70.5 Å². The van der Waals surface area contributed by atoms with E-state index in [0.29, 0.717) is 11.6 Å². The van der Waals surface area contributed by atoms with Crippen LogP contribution in [0.3, 0.4) is 0 Å². The van der Waals surface area contributed by atoms with Gasteiger partial charge >= 0.3 is 6.18 Å². The van der Waals surface area contributed by atoms with Gasteiger partial charge in [-0.05, 0) is 51.2 Å². The van der Waals surface area contributed by atoms with Gasteiger partial charge in [0.05, 0.1) is 17.4 Å². The van der Waals surface area contributed by atoms with Crippen molar-refractivity contribution < 1.29 is 17.9 Å². The molecule has 0 N–H and O–H groups in total. The summed E-state index contributed by atoms with van der Waals surface area (Å²) in [6.07, 6.45) is 7.44. The normalized spacial score (nSPS) is 16.3. The molecule has 5 rings (SSSR count). The minimum absolute atomic E-state index is 0.184. The lowest BCUT2D eigenvalue weighted by atomic mass is 9.99. The zero-order valence-corrected chi connectivity index (χ0v) is 19.6. The number of hydrogen-bond donors (Lipinski definition) is 0. The number of aromatic nitrogens is 6. The summed E-state index contributed by atoms with van der Waals surface area (Å²) < 4.78 is 40.6. The van der Waals surface area contributed by atoms with E-state index in [1.807, 2.05) is 30.1 Å². The Morgan fingerprint density at radius 2 is 1.88 bits per heavy atom. The van der Waals surface area contributed by atoms with Gasteiger partial charge in [0.1, 0.15) is 11.3 Å². The minimum Gasteiger partial charge on any atom is -0.381 e. The number of fused-ring (bicyclic) bond motifs is 1. The van der Waals surface area contributed by atoms with E-state index >= 15 is 0 Å². The van der Waals surface area contributed by atoms with E-state index in [2.05, 4.69) is 31.6 Å². The Morgan fingerprint density at radius 1 is 1.15 bits per heavy atom. The minimum atomic E-state index is -3.95. The highest BCUT2D eigenvalue weighted by Crippen LogP contribution is 2.33. The predicted octanol–water partition coefficient (Wildman–Crippen LogP) is 5.83. The largest absolute Gasteiger partial charge is 0.389 e. The smallest absolute Gasteiger partial charge is 0.381 e. The van der Waals surface area contributed by atoms with Gasteiger partial charge in [-0.1, -0.05) is 13.5 Å². The Balaban J connectivity index is 0.000000177. The molecule has 1 aliphatic heterocycles. The third kappa shape index (κ3) is 7.86. The fourth-order valence-corrected chi connectivity index (χ4v) is 3.43. The van der Waals surface area contributed by atoms with E-state index in [0.717, 1.165) is 54.8 Å². The topological polar surface area (TPSA) is 78.6 Å². The second-order valence-corrected chi connectivity index (χ2v) is 8.32. The zero-order chi connectivity index (χ0) is 24.6. The van der Waals surface area contributed by atoms with Gasteiger partial charge in [0.2, 0.25) is 0 Å². The predicted molar refractivity (Wildman–Crippen MR) is 124 cm³/mol. The molecular weight excluding hydrogens is 445 g/mol. The van der Waals surface area contributed by atoms with Crippen LogP contribution >= 0.6 is 0 Å². The molecule has 10 heteroatoms. The zero-order valence-electron chi connectivity index (χ0n) is 19.6. The van der Waals surface area contributed by atoms with Crippen LogP contribution in [-0.4, -0.2) is 49.1 Å². The highest BCUT2D eigenvalue weighted by Gasteiger charge is 2.25. The van der Waals surface area contributed by atoms with E-state index in [4.69, 9.17) is 4.74 Å². The van der Waals surface area contributed by atoms with Gasteiger partial charge in [0, 0.05) is 44.1 Å². The lowest BCUT2D eigenvalue weighted by Crippen LogP contribution is -2.17. The Morgan fingerprint density at radius 3 is 2.41 bits per heavy atom. The van der Waals surface area contributed by atoms with Gasteiger partial charge in [-0.3, -0.25) is 4.68 Å². The molecule has 0 amide bonds. The molecule has 0 unspecified atom stereocenters. The lowest BCUT2D eigenvalue weighted by Gasteiger charge is -2.21. The number of ether oxygens (including phenoxy) is 1. The van der Waals surface area contributed by atoms with E-state index < -0.39 is 12.6 Å². The molecular formula is C24H31F3N6O. The standard InChI is InChI=1S/C14H16N4O.C6H8N2.C4H7F3/c1-3-11-12-14(16-9(2)8-15-12)18-13(17-11)10-4-6-19-7-5-10;1-4-7-8(5-1)6-2-3-6;1-2-3-4(5,6)7/h3,8,10H,1,4-7H2,2H3;1,4-6H,2-3H2;2-3H2,1H3. The highest BCUT2D eigenvalue weighted by atomic mass is 19.4. The Kier molecular flexibility index (Phi) is 9.09. The summed E-state index contributed by atoms with van der Waals surface area (Å²) in [6, 6.07) is 2.71. The lowest BCUT2D eigenvalue weighted by molar-refractivity contribution is -0.134. The first-order chi connectivity index (χ1) is 16.3. The summed E-state index contributed by atoms with van der Waals surface area (Å²) in [5, 5.41) is 4.09. The Bertz CT molecular complexity index is 1040. The van der Waals surface area contributed by atoms with Crippen LogP contribution in [0.25, 0.3) is 17.2 Å². The monoisotopic (exact) mass is 476 g/mol. The molecule has 1 saturated heterocycles. The molecule has 2 fully saturated rings. The second-order valence-electron chi connectivity index (χ2n) is 8.32. The molecule has 2 aliphatic rings. The van der Waals surface area contributed by atoms with Crippen LogP contribution in [0.2, 0.25) is 0 Å². The third-order valence-corrected chi connectivity index (χ3v) is 5.33. The van der Waals surface area contributed by atoms with Crippen LogP contribution in [0.5, 0.6) is 0 Å². The van der Waals surface area contributed by atoms with Crippen LogP contribution in [0.1, 0.15) is 74.6 Å². The van der Waals surface area contributed by atoms with Crippen molar-refractivity contribution in [1.29, 1.82) is 0 Å². The van der Waals surface area contributed by atoms with Crippen molar-refractivity contribution in [1.82, 2.24) is 29.7 Å². The third-order valence-electron chi connectivity index (χ3n) is 5.33. The van der Waals surface area contributed by atoms with Crippen LogP contribution in [0.4, 0.5) is 13.2 Å². The summed E-state index contributed by atoms with van der Waals surface area (Å²) in [5.41, 5.74) is 3.00. The fourth-order valence-electron chi connectivity index (χ4n) is 3.43. The van der Waals surface area contributed by atoms with Crippen molar-refractivity contribution in [3.05, 3.63) is 48.4 Å². The summed E-state index contributed by atoms with van der Waals surface area (Å²) >= 11 is 0. The molecule has 0 bridgehead atoms. The van der Waals surface area contributed by atoms with Gasteiger partial charge in [-0.2, -0.15) is 18.3 Å². The van der Waals surface area contributed by atoms with Gasteiger partial charge in [0.25, 0.3) is 0 Å². The van der Waals surface area contributed by atoms with E-state index in [1.54, 1.807) is 12.3 Å².